The van der Waals surface area contributed by atoms with E-state index in [0.29, 0.717) is 5.92 Å². The number of ether oxygens (including phenoxy) is 1. The lowest BCUT2D eigenvalue weighted by Crippen LogP contribution is -2.38. The summed E-state index contributed by atoms with van der Waals surface area (Å²) in [5, 5.41) is 3.69. The molecule has 1 aliphatic heterocycles. The first-order valence-corrected chi connectivity index (χ1v) is 8.61. The summed E-state index contributed by atoms with van der Waals surface area (Å²) < 4.78 is 5.30. The van der Waals surface area contributed by atoms with Gasteiger partial charge in [-0.1, -0.05) is 11.6 Å². The Hall–Kier alpha value is -1.42. The van der Waals surface area contributed by atoms with Crippen molar-refractivity contribution in [1.82, 2.24) is 5.32 Å². The average molecular weight is 339 g/mol. The maximum Gasteiger partial charge on any atom is 0.407 e. The first-order valence-electron chi connectivity index (χ1n) is 8.23. The van der Waals surface area contributed by atoms with Crippen molar-refractivity contribution in [2.75, 3.05) is 18.0 Å². The molecule has 23 heavy (non-hydrogen) atoms. The number of rotatable bonds is 4. The van der Waals surface area contributed by atoms with Crippen LogP contribution in [0.1, 0.15) is 40.5 Å². The molecule has 1 heterocycles. The van der Waals surface area contributed by atoms with Crippen molar-refractivity contribution in [3.05, 3.63) is 29.3 Å². The topological polar surface area (TPSA) is 41.6 Å². The molecular weight excluding hydrogens is 312 g/mol. The number of anilines is 1. The number of nitrogens with zero attached hydrogens (tertiary/aromatic N) is 1. The van der Waals surface area contributed by atoms with Gasteiger partial charge in [-0.05, 0) is 70.7 Å². The van der Waals surface area contributed by atoms with Gasteiger partial charge in [0, 0.05) is 29.8 Å². The summed E-state index contributed by atoms with van der Waals surface area (Å²) >= 11 is 5.94. The first kappa shape index (κ1) is 17.9. The Balaban J connectivity index is 1.78. The van der Waals surface area contributed by atoms with Crippen LogP contribution in [0, 0.1) is 5.92 Å². The molecule has 0 saturated carbocycles. The third-order valence-corrected chi connectivity index (χ3v) is 4.18. The van der Waals surface area contributed by atoms with Crippen molar-refractivity contribution in [3.63, 3.8) is 0 Å². The van der Waals surface area contributed by atoms with Crippen LogP contribution < -0.4 is 10.2 Å². The third kappa shape index (κ3) is 5.94. The van der Waals surface area contributed by atoms with Crippen LogP contribution in [0.5, 0.6) is 0 Å². The second-order valence-electron chi connectivity index (χ2n) is 7.36. The fraction of sp³-hybridized carbons (Fsp3) is 0.611. The highest BCUT2D eigenvalue weighted by atomic mass is 35.5. The van der Waals surface area contributed by atoms with Crippen LogP contribution in [0.2, 0.25) is 5.02 Å². The monoisotopic (exact) mass is 338 g/mol. The molecule has 1 saturated heterocycles. The van der Waals surface area contributed by atoms with E-state index in [9.17, 15) is 4.79 Å². The largest absolute Gasteiger partial charge is 0.444 e. The minimum Gasteiger partial charge on any atom is -0.444 e. The Labute approximate surface area is 144 Å². The number of carbonyl (C=O) groups excluding carboxylic acids is 1. The van der Waals surface area contributed by atoms with Gasteiger partial charge < -0.3 is 15.0 Å². The van der Waals surface area contributed by atoms with Crippen LogP contribution in [0.25, 0.3) is 0 Å². The summed E-state index contributed by atoms with van der Waals surface area (Å²) in [5.74, 6) is 0.579. The highest BCUT2D eigenvalue weighted by molar-refractivity contribution is 6.30. The van der Waals surface area contributed by atoms with E-state index < -0.39 is 5.60 Å². The fourth-order valence-electron chi connectivity index (χ4n) is 2.98. The van der Waals surface area contributed by atoms with E-state index in [-0.39, 0.29) is 12.1 Å². The van der Waals surface area contributed by atoms with Gasteiger partial charge in [0.05, 0.1) is 0 Å². The van der Waals surface area contributed by atoms with Crippen molar-refractivity contribution in [1.29, 1.82) is 0 Å². The molecule has 1 aromatic carbocycles. The Morgan fingerprint density at radius 3 is 2.65 bits per heavy atom. The van der Waals surface area contributed by atoms with E-state index >= 15 is 0 Å². The Morgan fingerprint density at radius 2 is 2.04 bits per heavy atom. The van der Waals surface area contributed by atoms with Gasteiger partial charge in [-0.2, -0.15) is 0 Å². The second-order valence-corrected chi connectivity index (χ2v) is 7.80. The van der Waals surface area contributed by atoms with E-state index in [4.69, 9.17) is 16.3 Å². The average Bonchev–Trinajstić information content (AvgIpc) is 2.85. The van der Waals surface area contributed by atoms with Gasteiger partial charge in [-0.3, -0.25) is 0 Å². The molecule has 0 bridgehead atoms. The van der Waals surface area contributed by atoms with E-state index in [1.54, 1.807) is 0 Å². The summed E-state index contributed by atoms with van der Waals surface area (Å²) in [6.45, 7) is 9.72. The van der Waals surface area contributed by atoms with Crippen LogP contribution in [0.4, 0.5) is 10.5 Å². The van der Waals surface area contributed by atoms with Gasteiger partial charge in [-0.25, -0.2) is 4.79 Å². The lowest BCUT2D eigenvalue weighted by Gasteiger charge is -2.23. The molecule has 0 radical (unpaired) electrons. The number of halogens is 1. The Kier molecular flexibility index (Phi) is 5.79. The summed E-state index contributed by atoms with van der Waals surface area (Å²) in [6, 6.07) is 8.09. The van der Waals surface area contributed by atoms with Crippen molar-refractivity contribution >= 4 is 23.4 Å². The number of carbonyl (C=O) groups is 1. The maximum absolute atomic E-state index is 11.8. The van der Waals surface area contributed by atoms with Crippen molar-refractivity contribution < 1.29 is 9.53 Å². The molecule has 1 aliphatic rings. The van der Waals surface area contributed by atoms with Crippen LogP contribution in [0.15, 0.2) is 24.3 Å². The van der Waals surface area contributed by atoms with Crippen molar-refractivity contribution in [3.8, 4) is 0 Å². The number of nitrogens with one attached hydrogen (secondary N) is 1. The van der Waals surface area contributed by atoms with Crippen molar-refractivity contribution in [2.45, 2.75) is 52.2 Å². The van der Waals surface area contributed by atoms with E-state index in [1.807, 2.05) is 39.8 Å². The number of amides is 1. The zero-order valence-corrected chi connectivity index (χ0v) is 15.2. The molecule has 5 heteroatoms. The van der Waals surface area contributed by atoms with E-state index in [1.165, 1.54) is 5.69 Å². The number of hydrogen-bond donors (Lipinski definition) is 1. The number of hydrogen-bond acceptors (Lipinski definition) is 3. The Bertz CT molecular complexity index is 525. The smallest absolute Gasteiger partial charge is 0.407 e. The summed E-state index contributed by atoms with van der Waals surface area (Å²) in [4.78, 5) is 14.2. The molecule has 1 amide bonds. The molecule has 4 nitrogen and oxygen atoms in total. The van der Waals surface area contributed by atoms with Crippen LogP contribution in [-0.4, -0.2) is 30.8 Å². The number of benzene rings is 1. The maximum atomic E-state index is 11.8. The highest BCUT2D eigenvalue weighted by Crippen LogP contribution is 2.27. The molecule has 2 unspecified atom stereocenters. The van der Waals surface area contributed by atoms with E-state index in [2.05, 4.69) is 22.3 Å². The van der Waals surface area contributed by atoms with Crippen LogP contribution in [0.3, 0.4) is 0 Å². The molecule has 1 aromatic rings. The normalized spacial score (nSPS) is 19.5. The van der Waals surface area contributed by atoms with Gasteiger partial charge in [-0.15, -0.1) is 0 Å². The molecule has 2 atom stereocenters. The zero-order chi connectivity index (χ0) is 17.0. The summed E-state index contributed by atoms with van der Waals surface area (Å²) in [6.07, 6.45) is 1.77. The molecule has 2 rings (SSSR count). The fourth-order valence-corrected chi connectivity index (χ4v) is 3.11. The van der Waals surface area contributed by atoms with Gasteiger partial charge >= 0.3 is 6.09 Å². The molecule has 0 aromatic heterocycles. The quantitative estimate of drug-likeness (QED) is 0.880. The summed E-state index contributed by atoms with van der Waals surface area (Å²) in [5.41, 5.74) is 0.757. The summed E-state index contributed by atoms with van der Waals surface area (Å²) in [7, 11) is 0. The van der Waals surface area contributed by atoms with Crippen LogP contribution >= 0.6 is 11.6 Å². The zero-order valence-electron chi connectivity index (χ0n) is 14.4. The minimum atomic E-state index is -0.456. The molecule has 0 aliphatic carbocycles. The lowest BCUT2D eigenvalue weighted by molar-refractivity contribution is 0.0503. The lowest BCUT2D eigenvalue weighted by atomic mass is 10.0. The minimum absolute atomic E-state index is 0.111. The van der Waals surface area contributed by atoms with Gasteiger partial charge in [0.25, 0.3) is 0 Å². The van der Waals surface area contributed by atoms with Crippen molar-refractivity contribution in [2.24, 2.45) is 5.92 Å². The van der Waals surface area contributed by atoms with Gasteiger partial charge in [0.15, 0.2) is 0 Å². The molecule has 1 N–H and O–H groups in total. The van der Waals surface area contributed by atoms with Gasteiger partial charge in [0.1, 0.15) is 5.60 Å². The molecule has 128 valence electrons. The third-order valence-electron chi connectivity index (χ3n) is 3.93. The molecule has 0 spiro atoms. The second kappa shape index (κ2) is 7.43. The standard InChI is InChI=1S/C18H27ClN2O2/c1-13(20-17(22)23-18(2,3)4)11-14-9-10-21(12-14)16-7-5-15(19)6-8-16/h5-8,13-14H,9-12H2,1-4H3,(H,20,22). The Morgan fingerprint density at radius 1 is 1.39 bits per heavy atom. The predicted octanol–water partition coefficient (Wildman–Crippen LogP) is 4.47. The molecular formula is C18H27ClN2O2. The van der Waals surface area contributed by atoms with Gasteiger partial charge in [0.2, 0.25) is 0 Å². The first-order chi connectivity index (χ1) is 10.7. The highest BCUT2D eigenvalue weighted by Gasteiger charge is 2.25. The predicted molar refractivity (Wildman–Crippen MR) is 95.2 cm³/mol. The van der Waals surface area contributed by atoms with E-state index in [0.717, 1.165) is 31.0 Å². The van der Waals surface area contributed by atoms with Crippen LogP contribution in [-0.2, 0) is 4.74 Å². The number of alkyl carbamates (subject to hydrolysis) is 1. The molecule has 1 fully saturated rings. The SMILES string of the molecule is CC(CC1CCN(c2ccc(Cl)cc2)C1)NC(=O)OC(C)(C)C.